The molecule has 0 spiro atoms. The molecule has 0 aliphatic rings. The number of thiocarbonyl (C=S) groups is 1. The fourth-order valence-corrected chi connectivity index (χ4v) is 1.57. The molecule has 5 N–H and O–H groups in total. The number of amides is 1. The van der Waals surface area contributed by atoms with Crippen molar-refractivity contribution in [2.45, 2.75) is 0 Å². The molecule has 0 atom stereocenters. The maximum absolute atomic E-state index is 10.4. The normalized spacial score (nSPS) is 9.71. The van der Waals surface area contributed by atoms with Gasteiger partial charge in [0.25, 0.3) is 0 Å². The van der Waals surface area contributed by atoms with Crippen molar-refractivity contribution in [3.63, 3.8) is 0 Å². The summed E-state index contributed by atoms with van der Waals surface area (Å²) in [6.07, 6.45) is -0.813. The second-order valence-electron chi connectivity index (χ2n) is 3.15. The molecule has 17 heavy (non-hydrogen) atoms. The van der Waals surface area contributed by atoms with E-state index in [2.05, 4.69) is 10.1 Å². The van der Waals surface area contributed by atoms with Gasteiger partial charge in [-0.2, -0.15) is 0 Å². The molecule has 0 fully saturated rings. The van der Waals surface area contributed by atoms with Gasteiger partial charge in [0.2, 0.25) is 0 Å². The average molecular weight is 274 g/mol. The molecular formula is C10H12ClN3O2S. The van der Waals surface area contributed by atoms with Crippen LogP contribution in [0.3, 0.4) is 0 Å². The molecule has 92 valence electrons. The van der Waals surface area contributed by atoms with E-state index in [0.29, 0.717) is 22.8 Å². The number of anilines is 1. The average Bonchev–Trinajstić information content (AvgIpc) is 2.23. The molecule has 0 bridgehead atoms. The van der Waals surface area contributed by atoms with E-state index >= 15 is 0 Å². The molecule has 1 aromatic carbocycles. The fourth-order valence-electron chi connectivity index (χ4n) is 1.21. The maximum Gasteiger partial charge on any atom is 0.404 e. The van der Waals surface area contributed by atoms with Crippen LogP contribution in [0.4, 0.5) is 10.5 Å². The Hall–Kier alpha value is -1.53. The molecule has 1 rings (SSSR count). The minimum absolute atomic E-state index is 0.151. The Morgan fingerprint density at radius 2 is 2.18 bits per heavy atom. The SMILES string of the molecule is NC(=O)OCCNc1cc(Cl)ccc1C(N)=S. The first-order valence-corrected chi connectivity index (χ1v) is 5.55. The number of nitrogens with one attached hydrogen (secondary N) is 1. The minimum Gasteiger partial charge on any atom is -0.448 e. The zero-order chi connectivity index (χ0) is 12.8. The Kier molecular flexibility index (Phi) is 4.99. The molecule has 0 aliphatic heterocycles. The first-order valence-electron chi connectivity index (χ1n) is 4.76. The summed E-state index contributed by atoms with van der Waals surface area (Å²) >= 11 is 10.8. The molecule has 0 unspecified atom stereocenters. The van der Waals surface area contributed by atoms with Crippen LogP contribution in [0.2, 0.25) is 5.02 Å². The number of carbonyl (C=O) groups is 1. The van der Waals surface area contributed by atoms with Crippen LogP contribution in [-0.2, 0) is 4.74 Å². The molecule has 0 saturated heterocycles. The Morgan fingerprint density at radius 3 is 2.76 bits per heavy atom. The third kappa shape index (κ3) is 4.46. The van der Waals surface area contributed by atoms with E-state index in [0.717, 1.165) is 0 Å². The number of ether oxygens (including phenoxy) is 1. The zero-order valence-corrected chi connectivity index (χ0v) is 10.5. The van der Waals surface area contributed by atoms with E-state index in [1.165, 1.54) is 0 Å². The summed E-state index contributed by atoms with van der Waals surface area (Å²) < 4.78 is 4.57. The van der Waals surface area contributed by atoms with E-state index < -0.39 is 6.09 Å². The monoisotopic (exact) mass is 273 g/mol. The quantitative estimate of drug-likeness (QED) is 0.558. The van der Waals surface area contributed by atoms with Gasteiger partial charge in [0.05, 0.1) is 0 Å². The van der Waals surface area contributed by atoms with Crippen molar-refractivity contribution in [3.8, 4) is 0 Å². The van der Waals surface area contributed by atoms with Crippen molar-refractivity contribution in [1.82, 2.24) is 0 Å². The van der Waals surface area contributed by atoms with Gasteiger partial charge in [-0.15, -0.1) is 0 Å². The number of halogens is 1. The molecule has 0 aromatic heterocycles. The molecule has 5 nitrogen and oxygen atoms in total. The van der Waals surface area contributed by atoms with Gasteiger partial charge in [-0.25, -0.2) is 4.79 Å². The van der Waals surface area contributed by atoms with Crippen molar-refractivity contribution in [1.29, 1.82) is 0 Å². The van der Waals surface area contributed by atoms with Crippen LogP contribution in [0, 0.1) is 0 Å². The Morgan fingerprint density at radius 1 is 1.47 bits per heavy atom. The summed E-state index contributed by atoms with van der Waals surface area (Å²) in [4.78, 5) is 10.6. The lowest BCUT2D eigenvalue weighted by atomic mass is 10.2. The van der Waals surface area contributed by atoms with Gasteiger partial charge in [0.15, 0.2) is 0 Å². The van der Waals surface area contributed by atoms with Crippen LogP contribution >= 0.6 is 23.8 Å². The highest BCUT2D eigenvalue weighted by Gasteiger charge is 2.05. The van der Waals surface area contributed by atoms with E-state index in [4.69, 9.17) is 35.3 Å². The van der Waals surface area contributed by atoms with E-state index in [1.807, 2.05) is 0 Å². The van der Waals surface area contributed by atoms with Crippen LogP contribution in [0.1, 0.15) is 5.56 Å². The number of rotatable bonds is 5. The Bertz CT molecular complexity index is 440. The lowest BCUT2D eigenvalue weighted by molar-refractivity contribution is 0.161. The lowest BCUT2D eigenvalue weighted by Crippen LogP contribution is -2.20. The number of hydrogen-bond acceptors (Lipinski definition) is 4. The van der Waals surface area contributed by atoms with Gasteiger partial charge in [0.1, 0.15) is 11.6 Å². The van der Waals surface area contributed by atoms with Gasteiger partial charge in [0, 0.05) is 22.8 Å². The van der Waals surface area contributed by atoms with E-state index in [-0.39, 0.29) is 11.6 Å². The molecule has 1 aromatic rings. The smallest absolute Gasteiger partial charge is 0.404 e. The topological polar surface area (TPSA) is 90.4 Å². The Labute approximate surface area is 109 Å². The highest BCUT2D eigenvalue weighted by atomic mass is 35.5. The van der Waals surface area contributed by atoms with Crippen LogP contribution in [0.25, 0.3) is 0 Å². The predicted octanol–water partition coefficient (Wildman–Crippen LogP) is 1.48. The van der Waals surface area contributed by atoms with Crippen molar-refractivity contribution >= 4 is 40.6 Å². The summed E-state index contributed by atoms with van der Waals surface area (Å²) in [5, 5.41) is 3.56. The first-order chi connectivity index (χ1) is 8.00. The second kappa shape index (κ2) is 6.27. The van der Waals surface area contributed by atoms with Crippen LogP contribution in [0.5, 0.6) is 0 Å². The van der Waals surface area contributed by atoms with Gasteiger partial charge in [-0.05, 0) is 18.2 Å². The molecule has 0 saturated carbocycles. The molecular weight excluding hydrogens is 262 g/mol. The summed E-state index contributed by atoms with van der Waals surface area (Å²) in [6.45, 7) is 0.539. The maximum atomic E-state index is 10.4. The van der Waals surface area contributed by atoms with E-state index in [9.17, 15) is 4.79 Å². The largest absolute Gasteiger partial charge is 0.448 e. The van der Waals surface area contributed by atoms with Gasteiger partial charge >= 0.3 is 6.09 Å². The highest BCUT2D eigenvalue weighted by molar-refractivity contribution is 7.80. The standard InChI is InChI=1S/C10H12ClN3O2S/c11-6-1-2-7(9(12)17)8(5-6)14-3-4-16-10(13)15/h1-2,5,14H,3-4H2,(H2,12,17)(H2,13,15). The molecule has 0 aliphatic carbocycles. The van der Waals surface area contributed by atoms with Crippen molar-refractivity contribution in [2.75, 3.05) is 18.5 Å². The van der Waals surface area contributed by atoms with Gasteiger partial charge < -0.3 is 21.5 Å². The molecule has 0 radical (unpaired) electrons. The highest BCUT2D eigenvalue weighted by Crippen LogP contribution is 2.20. The van der Waals surface area contributed by atoms with Gasteiger partial charge in [-0.1, -0.05) is 23.8 Å². The second-order valence-corrected chi connectivity index (χ2v) is 4.02. The molecule has 7 heteroatoms. The first kappa shape index (κ1) is 13.5. The Balaban J connectivity index is 2.65. The summed E-state index contributed by atoms with van der Waals surface area (Å²) in [7, 11) is 0. The van der Waals surface area contributed by atoms with Crippen molar-refractivity contribution in [2.24, 2.45) is 11.5 Å². The fraction of sp³-hybridized carbons (Fsp3) is 0.200. The van der Waals surface area contributed by atoms with Crippen molar-refractivity contribution < 1.29 is 9.53 Å². The molecule has 1 amide bonds. The predicted molar refractivity (Wildman–Crippen MR) is 71.4 cm³/mol. The summed E-state index contributed by atoms with van der Waals surface area (Å²) in [5.41, 5.74) is 11.8. The zero-order valence-electron chi connectivity index (χ0n) is 8.90. The number of carbonyl (C=O) groups excluding carboxylic acids is 1. The minimum atomic E-state index is -0.813. The number of benzene rings is 1. The summed E-state index contributed by atoms with van der Waals surface area (Å²) in [6, 6.07) is 5.11. The van der Waals surface area contributed by atoms with Crippen LogP contribution in [0.15, 0.2) is 18.2 Å². The molecule has 0 heterocycles. The van der Waals surface area contributed by atoms with Crippen LogP contribution in [-0.4, -0.2) is 24.2 Å². The third-order valence-electron chi connectivity index (χ3n) is 1.91. The number of hydrogen-bond donors (Lipinski definition) is 3. The summed E-state index contributed by atoms with van der Waals surface area (Å²) in [5.74, 6) is 0. The van der Waals surface area contributed by atoms with Crippen LogP contribution < -0.4 is 16.8 Å². The third-order valence-corrected chi connectivity index (χ3v) is 2.36. The van der Waals surface area contributed by atoms with E-state index in [1.54, 1.807) is 18.2 Å². The van der Waals surface area contributed by atoms with Crippen molar-refractivity contribution in [3.05, 3.63) is 28.8 Å². The lowest BCUT2D eigenvalue weighted by Gasteiger charge is -2.11. The number of primary amides is 1. The van der Waals surface area contributed by atoms with Gasteiger partial charge in [-0.3, -0.25) is 0 Å². The number of nitrogens with two attached hydrogens (primary N) is 2.